The molecular weight excluding hydrogens is 308 g/mol. The van der Waals surface area contributed by atoms with E-state index >= 15 is 0 Å². The summed E-state index contributed by atoms with van der Waals surface area (Å²) >= 11 is 3.56. The molecule has 2 heterocycles. The normalized spacial score (nSPS) is 11.0. The molecule has 5 nitrogen and oxygen atoms in total. The molecule has 2 aromatic rings. The van der Waals surface area contributed by atoms with E-state index in [-0.39, 0.29) is 5.78 Å². The van der Waals surface area contributed by atoms with Crippen molar-refractivity contribution in [1.82, 2.24) is 19.3 Å². The minimum Gasteiger partial charge on any atom is -0.328 e. The van der Waals surface area contributed by atoms with Crippen LogP contribution in [0, 0.1) is 6.92 Å². The topological polar surface area (TPSA) is 52.7 Å². The lowest BCUT2D eigenvalue weighted by atomic mass is 10.3. The first-order chi connectivity index (χ1) is 8.93. The van der Waals surface area contributed by atoms with Crippen molar-refractivity contribution >= 4 is 21.7 Å². The van der Waals surface area contributed by atoms with E-state index in [0.29, 0.717) is 12.2 Å². The number of aryl methyl sites for hydroxylation is 3. The highest BCUT2D eigenvalue weighted by Crippen LogP contribution is 2.22. The van der Waals surface area contributed by atoms with Crippen LogP contribution in [0.5, 0.6) is 0 Å². The third kappa shape index (κ3) is 2.63. The van der Waals surface area contributed by atoms with E-state index in [4.69, 9.17) is 0 Å². The maximum Gasteiger partial charge on any atom is 0.179 e. The first-order valence-electron chi connectivity index (χ1n) is 6.19. The van der Waals surface area contributed by atoms with Crippen LogP contribution in [0.15, 0.2) is 10.7 Å². The number of rotatable bonds is 4. The maximum absolute atomic E-state index is 11.4. The quantitative estimate of drug-likeness (QED) is 0.812. The van der Waals surface area contributed by atoms with Crippen molar-refractivity contribution in [3.05, 3.63) is 33.6 Å². The summed E-state index contributed by atoms with van der Waals surface area (Å²) in [5.74, 6) is 0.907. The van der Waals surface area contributed by atoms with E-state index in [9.17, 15) is 4.79 Å². The highest BCUT2D eigenvalue weighted by molar-refractivity contribution is 9.10. The van der Waals surface area contributed by atoms with Crippen LogP contribution >= 0.6 is 15.9 Å². The van der Waals surface area contributed by atoms with Crippen molar-refractivity contribution in [3.8, 4) is 0 Å². The Morgan fingerprint density at radius 2 is 2.16 bits per heavy atom. The van der Waals surface area contributed by atoms with Crippen molar-refractivity contribution in [2.24, 2.45) is 7.05 Å². The highest BCUT2D eigenvalue weighted by Gasteiger charge is 2.15. The smallest absolute Gasteiger partial charge is 0.179 e. The summed E-state index contributed by atoms with van der Waals surface area (Å²) < 4.78 is 4.87. The van der Waals surface area contributed by atoms with Gasteiger partial charge in [0.05, 0.1) is 22.4 Å². The number of carbonyl (C=O) groups excluding carboxylic acids is 1. The number of ketones is 1. The van der Waals surface area contributed by atoms with Gasteiger partial charge in [-0.3, -0.25) is 9.48 Å². The van der Waals surface area contributed by atoms with Crippen molar-refractivity contribution in [3.63, 3.8) is 0 Å². The SMILES string of the molecule is CCc1nc(C(C)=O)cn1Cc1c(Br)c(C)nn1C. The number of imidazole rings is 1. The van der Waals surface area contributed by atoms with E-state index < -0.39 is 0 Å². The molecular formula is C13H17BrN4O. The van der Waals surface area contributed by atoms with Gasteiger partial charge in [0.25, 0.3) is 0 Å². The van der Waals surface area contributed by atoms with Gasteiger partial charge in [-0.05, 0) is 22.9 Å². The van der Waals surface area contributed by atoms with Crippen molar-refractivity contribution in [1.29, 1.82) is 0 Å². The Bertz CT molecular complexity index is 627. The molecule has 0 amide bonds. The minimum absolute atomic E-state index is 0.00583. The van der Waals surface area contributed by atoms with E-state index in [0.717, 1.165) is 28.1 Å². The Hall–Kier alpha value is -1.43. The van der Waals surface area contributed by atoms with E-state index in [1.54, 1.807) is 0 Å². The summed E-state index contributed by atoms with van der Waals surface area (Å²) in [4.78, 5) is 15.8. The predicted molar refractivity (Wildman–Crippen MR) is 76.4 cm³/mol. The second-order valence-electron chi connectivity index (χ2n) is 4.55. The van der Waals surface area contributed by atoms with Gasteiger partial charge in [-0.2, -0.15) is 5.10 Å². The van der Waals surface area contributed by atoms with Crippen LogP contribution in [0.4, 0.5) is 0 Å². The fraction of sp³-hybridized carbons (Fsp3) is 0.462. The third-order valence-electron chi connectivity index (χ3n) is 3.12. The molecule has 0 fully saturated rings. The molecule has 0 saturated carbocycles. The summed E-state index contributed by atoms with van der Waals surface area (Å²) in [6.45, 7) is 6.19. The van der Waals surface area contributed by atoms with Crippen LogP contribution in [0.2, 0.25) is 0 Å². The minimum atomic E-state index is -0.00583. The van der Waals surface area contributed by atoms with Gasteiger partial charge in [0.15, 0.2) is 5.78 Å². The molecule has 0 atom stereocenters. The lowest BCUT2D eigenvalue weighted by Gasteiger charge is -2.07. The summed E-state index contributed by atoms with van der Waals surface area (Å²) in [5, 5.41) is 4.37. The number of hydrogen-bond acceptors (Lipinski definition) is 3. The van der Waals surface area contributed by atoms with Gasteiger partial charge in [0.1, 0.15) is 11.5 Å². The Morgan fingerprint density at radius 3 is 2.63 bits per heavy atom. The summed E-state index contributed by atoms with van der Waals surface area (Å²) in [5.41, 5.74) is 2.55. The molecule has 0 aliphatic carbocycles. The van der Waals surface area contributed by atoms with Crippen LogP contribution in [0.1, 0.15) is 41.5 Å². The summed E-state index contributed by atoms with van der Waals surface area (Å²) in [7, 11) is 1.92. The van der Waals surface area contributed by atoms with Crippen molar-refractivity contribution < 1.29 is 4.79 Å². The molecule has 0 radical (unpaired) electrons. The largest absolute Gasteiger partial charge is 0.328 e. The zero-order chi connectivity index (χ0) is 14.2. The second kappa shape index (κ2) is 5.28. The predicted octanol–water partition coefficient (Wildman–Crippen LogP) is 2.50. The van der Waals surface area contributed by atoms with Crippen molar-refractivity contribution in [2.75, 3.05) is 0 Å². The molecule has 19 heavy (non-hydrogen) atoms. The molecule has 0 saturated heterocycles. The van der Waals surface area contributed by atoms with Gasteiger partial charge in [-0.1, -0.05) is 6.92 Å². The second-order valence-corrected chi connectivity index (χ2v) is 5.34. The van der Waals surface area contributed by atoms with Crippen LogP contribution in [0.3, 0.4) is 0 Å². The van der Waals surface area contributed by atoms with Crippen LogP contribution in [-0.4, -0.2) is 25.1 Å². The van der Waals surface area contributed by atoms with Gasteiger partial charge in [0, 0.05) is 26.6 Å². The van der Waals surface area contributed by atoms with Gasteiger partial charge in [-0.25, -0.2) is 4.98 Å². The molecule has 0 unspecified atom stereocenters. The molecule has 6 heteroatoms. The zero-order valence-corrected chi connectivity index (χ0v) is 13.2. The first-order valence-corrected chi connectivity index (χ1v) is 6.98. The fourth-order valence-corrected chi connectivity index (χ4v) is 2.52. The van der Waals surface area contributed by atoms with Gasteiger partial charge < -0.3 is 4.57 Å². The monoisotopic (exact) mass is 324 g/mol. The zero-order valence-electron chi connectivity index (χ0n) is 11.6. The molecule has 0 N–H and O–H groups in total. The first kappa shape index (κ1) is 14.0. The molecule has 102 valence electrons. The standard InChI is InChI=1S/C13H17BrN4O/c1-5-12-15-10(9(3)19)6-18(12)7-11-13(14)8(2)16-17(11)4/h6H,5,7H2,1-4H3. The van der Waals surface area contributed by atoms with Crippen LogP contribution < -0.4 is 0 Å². The maximum atomic E-state index is 11.4. The third-order valence-corrected chi connectivity index (χ3v) is 4.15. The molecule has 0 spiro atoms. The molecule has 0 aromatic carbocycles. The average Bonchev–Trinajstić information content (AvgIpc) is 2.86. The molecule has 0 bridgehead atoms. The molecule has 2 rings (SSSR count). The number of hydrogen-bond donors (Lipinski definition) is 0. The van der Waals surface area contributed by atoms with E-state index in [2.05, 4.69) is 26.0 Å². The summed E-state index contributed by atoms with van der Waals surface area (Å²) in [6.07, 6.45) is 2.61. The Morgan fingerprint density at radius 1 is 1.47 bits per heavy atom. The van der Waals surface area contributed by atoms with Crippen LogP contribution in [-0.2, 0) is 20.0 Å². The van der Waals surface area contributed by atoms with E-state index in [1.807, 2.05) is 36.3 Å². The van der Waals surface area contributed by atoms with Crippen molar-refractivity contribution in [2.45, 2.75) is 33.7 Å². The highest BCUT2D eigenvalue weighted by atomic mass is 79.9. The average molecular weight is 325 g/mol. The Kier molecular flexibility index (Phi) is 3.89. The fourth-order valence-electron chi connectivity index (χ4n) is 2.06. The number of halogens is 1. The Balaban J connectivity index is 2.40. The van der Waals surface area contributed by atoms with E-state index in [1.165, 1.54) is 6.92 Å². The molecule has 0 aliphatic rings. The number of Topliss-reactive ketones (excluding diaryl/α,β-unsaturated/α-hetero) is 1. The number of carbonyl (C=O) groups is 1. The van der Waals surface area contributed by atoms with Crippen LogP contribution in [0.25, 0.3) is 0 Å². The van der Waals surface area contributed by atoms with Gasteiger partial charge in [-0.15, -0.1) is 0 Å². The van der Waals surface area contributed by atoms with Gasteiger partial charge in [0.2, 0.25) is 0 Å². The molecule has 0 aliphatic heterocycles. The molecule has 2 aromatic heterocycles. The Labute approximate surface area is 120 Å². The lowest BCUT2D eigenvalue weighted by Crippen LogP contribution is -2.08. The van der Waals surface area contributed by atoms with Gasteiger partial charge >= 0.3 is 0 Å². The lowest BCUT2D eigenvalue weighted by molar-refractivity contribution is 0.101. The number of aromatic nitrogens is 4. The number of nitrogens with zero attached hydrogens (tertiary/aromatic N) is 4. The summed E-state index contributed by atoms with van der Waals surface area (Å²) in [6, 6.07) is 0.